The minimum atomic E-state index is -0.0285. The minimum absolute atomic E-state index is 0.0285. The highest BCUT2D eigenvalue weighted by atomic mass is 32.1. The largest absolute Gasteiger partial charge is 0.492 e. The van der Waals surface area contributed by atoms with Gasteiger partial charge >= 0.3 is 0 Å². The Morgan fingerprint density at radius 1 is 1.27 bits per heavy atom. The Hall–Kier alpha value is -2.05. The van der Waals surface area contributed by atoms with Crippen molar-refractivity contribution in [2.45, 2.75) is 26.4 Å². The van der Waals surface area contributed by atoms with Gasteiger partial charge in [0.15, 0.2) is 6.04 Å². The number of nitrogens with one attached hydrogen (secondary N) is 2. The first-order valence-corrected chi connectivity index (χ1v) is 10.2. The number of hydrogen-bond acceptors (Lipinski definition) is 4. The summed E-state index contributed by atoms with van der Waals surface area (Å²) in [6.07, 6.45) is 0. The van der Waals surface area contributed by atoms with E-state index in [-0.39, 0.29) is 11.9 Å². The Labute approximate surface area is 159 Å². The van der Waals surface area contributed by atoms with Gasteiger partial charge in [0.2, 0.25) is 0 Å². The van der Waals surface area contributed by atoms with Crippen molar-refractivity contribution in [1.29, 1.82) is 0 Å². The van der Waals surface area contributed by atoms with Crippen LogP contribution >= 0.6 is 11.3 Å². The SMILES string of the molecule is CCOc1ccccc1N1CC[NH+]([C@@H](C)C(=O)NCc2cccs2)CC1. The molecule has 1 fully saturated rings. The predicted octanol–water partition coefficient (Wildman–Crippen LogP) is 1.56. The molecule has 0 radical (unpaired) electrons. The van der Waals surface area contributed by atoms with Crippen LogP contribution in [0.4, 0.5) is 5.69 Å². The average Bonchev–Trinajstić information content (AvgIpc) is 3.20. The smallest absolute Gasteiger partial charge is 0.278 e. The molecule has 0 saturated carbocycles. The molecule has 0 bridgehead atoms. The van der Waals surface area contributed by atoms with E-state index in [1.807, 2.05) is 37.4 Å². The summed E-state index contributed by atoms with van der Waals surface area (Å²) in [4.78, 5) is 17.4. The van der Waals surface area contributed by atoms with Crippen LogP contribution in [0.2, 0.25) is 0 Å². The summed E-state index contributed by atoms with van der Waals surface area (Å²) in [5, 5.41) is 5.11. The lowest BCUT2D eigenvalue weighted by atomic mass is 10.2. The molecule has 2 N–H and O–H groups in total. The van der Waals surface area contributed by atoms with Crippen molar-refractivity contribution in [2.24, 2.45) is 0 Å². The molecule has 0 unspecified atom stereocenters. The van der Waals surface area contributed by atoms with Crippen molar-refractivity contribution in [3.63, 3.8) is 0 Å². The van der Waals surface area contributed by atoms with Gasteiger partial charge in [-0.15, -0.1) is 11.3 Å². The molecule has 1 atom stereocenters. The van der Waals surface area contributed by atoms with Crippen LogP contribution in [0.1, 0.15) is 18.7 Å². The van der Waals surface area contributed by atoms with Gasteiger partial charge in [-0.1, -0.05) is 18.2 Å². The maximum absolute atomic E-state index is 12.5. The van der Waals surface area contributed by atoms with Crippen LogP contribution in [0.5, 0.6) is 5.75 Å². The quantitative estimate of drug-likeness (QED) is 0.773. The number of hydrogen-bond donors (Lipinski definition) is 2. The maximum Gasteiger partial charge on any atom is 0.278 e. The fourth-order valence-electron chi connectivity index (χ4n) is 3.39. The molecule has 1 aromatic heterocycles. The lowest BCUT2D eigenvalue weighted by Crippen LogP contribution is -3.19. The van der Waals surface area contributed by atoms with Crippen molar-refractivity contribution in [3.8, 4) is 5.75 Å². The summed E-state index contributed by atoms with van der Waals surface area (Å²) >= 11 is 1.68. The zero-order valence-electron chi connectivity index (χ0n) is 15.5. The zero-order valence-corrected chi connectivity index (χ0v) is 16.3. The Morgan fingerprint density at radius 3 is 2.73 bits per heavy atom. The highest BCUT2D eigenvalue weighted by Crippen LogP contribution is 2.27. The standard InChI is InChI=1S/C20H27N3O2S/c1-3-25-19-9-5-4-8-18(19)23-12-10-22(11-13-23)16(2)20(24)21-15-17-7-6-14-26-17/h4-9,14,16H,3,10-13,15H2,1-2H3,(H,21,24)/p+1/t16-/m0/s1. The average molecular weight is 375 g/mol. The van der Waals surface area contributed by atoms with E-state index >= 15 is 0 Å². The van der Waals surface area contributed by atoms with Crippen LogP contribution in [0.25, 0.3) is 0 Å². The number of benzene rings is 1. The van der Waals surface area contributed by atoms with Crippen LogP contribution < -0.4 is 19.9 Å². The predicted molar refractivity (Wildman–Crippen MR) is 106 cm³/mol. The normalized spacial score (nSPS) is 16.3. The minimum Gasteiger partial charge on any atom is -0.492 e. The summed E-state index contributed by atoms with van der Waals surface area (Å²) in [7, 11) is 0. The lowest BCUT2D eigenvalue weighted by molar-refractivity contribution is -0.914. The number of piperazine rings is 1. The van der Waals surface area contributed by atoms with Gasteiger partial charge in [-0.3, -0.25) is 4.79 Å². The van der Waals surface area contributed by atoms with Crippen LogP contribution in [0.15, 0.2) is 41.8 Å². The van der Waals surface area contributed by atoms with Crippen LogP contribution in [-0.2, 0) is 11.3 Å². The molecule has 26 heavy (non-hydrogen) atoms. The summed E-state index contributed by atoms with van der Waals surface area (Å²) in [6, 6.07) is 12.2. The van der Waals surface area contributed by atoms with E-state index in [4.69, 9.17) is 4.74 Å². The third-order valence-corrected chi connectivity index (χ3v) is 5.81. The molecule has 1 aromatic carbocycles. The molecule has 2 aromatic rings. The van der Waals surface area contributed by atoms with Crippen molar-refractivity contribution < 1.29 is 14.4 Å². The van der Waals surface area contributed by atoms with Gasteiger partial charge < -0.3 is 19.9 Å². The summed E-state index contributed by atoms with van der Waals surface area (Å²) in [5.74, 6) is 1.08. The van der Waals surface area contributed by atoms with E-state index in [9.17, 15) is 4.79 Å². The zero-order chi connectivity index (χ0) is 18.4. The first-order valence-electron chi connectivity index (χ1n) is 9.30. The molecule has 2 heterocycles. The summed E-state index contributed by atoms with van der Waals surface area (Å²) in [6.45, 7) is 9.11. The molecular formula is C20H28N3O2S+. The van der Waals surface area contributed by atoms with E-state index in [1.54, 1.807) is 11.3 Å². The molecule has 1 aliphatic rings. The van der Waals surface area contributed by atoms with Crippen LogP contribution in [0, 0.1) is 0 Å². The molecule has 1 saturated heterocycles. The fraction of sp³-hybridized carbons (Fsp3) is 0.450. The Kier molecular flexibility index (Phi) is 6.52. The van der Waals surface area contributed by atoms with Crippen molar-refractivity contribution in [1.82, 2.24) is 5.32 Å². The molecule has 0 spiro atoms. The highest BCUT2D eigenvalue weighted by Gasteiger charge is 2.29. The van der Waals surface area contributed by atoms with Gasteiger partial charge in [0.05, 0.1) is 45.0 Å². The molecule has 1 amide bonds. The number of para-hydroxylation sites is 2. The molecule has 1 aliphatic heterocycles. The Bertz CT molecular complexity index is 697. The first-order chi connectivity index (χ1) is 12.7. The van der Waals surface area contributed by atoms with Crippen molar-refractivity contribution in [2.75, 3.05) is 37.7 Å². The van der Waals surface area contributed by atoms with Gasteiger partial charge in [0, 0.05) is 4.88 Å². The molecule has 140 valence electrons. The number of quaternary nitrogens is 1. The van der Waals surface area contributed by atoms with E-state index in [0.29, 0.717) is 13.2 Å². The number of nitrogens with zero attached hydrogens (tertiary/aromatic N) is 1. The van der Waals surface area contributed by atoms with Crippen LogP contribution in [-0.4, -0.2) is 44.7 Å². The van der Waals surface area contributed by atoms with E-state index in [0.717, 1.165) is 37.6 Å². The number of ether oxygens (including phenoxy) is 1. The van der Waals surface area contributed by atoms with E-state index < -0.39 is 0 Å². The van der Waals surface area contributed by atoms with Gasteiger partial charge in [-0.25, -0.2) is 0 Å². The van der Waals surface area contributed by atoms with Crippen LogP contribution in [0.3, 0.4) is 0 Å². The molecule has 6 heteroatoms. The fourth-order valence-corrected chi connectivity index (χ4v) is 4.03. The van der Waals surface area contributed by atoms with Crippen molar-refractivity contribution >= 4 is 22.9 Å². The second-order valence-corrected chi connectivity index (χ2v) is 7.60. The first kappa shape index (κ1) is 18.7. The third-order valence-electron chi connectivity index (χ3n) is 4.93. The number of anilines is 1. The second-order valence-electron chi connectivity index (χ2n) is 6.56. The second kappa shape index (κ2) is 9.05. The molecular weight excluding hydrogens is 346 g/mol. The number of rotatable bonds is 7. The molecule has 3 rings (SSSR count). The van der Waals surface area contributed by atoms with Gasteiger partial charge in [0.25, 0.3) is 5.91 Å². The number of thiophene rings is 1. The maximum atomic E-state index is 12.5. The van der Waals surface area contributed by atoms with Gasteiger partial charge in [0.1, 0.15) is 5.75 Å². The Balaban J connectivity index is 1.52. The third kappa shape index (κ3) is 4.56. The lowest BCUT2D eigenvalue weighted by Gasteiger charge is -2.36. The van der Waals surface area contributed by atoms with Gasteiger partial charge in [-0.05, 0) is 37.4 Å². The summed E-state index contributed by atoms with van der Waals surface area (Å²) in [5.41, 5.74) is 1.16. The molecule has 0 aliphatic carbocycles. The Morgan fingerprint density at radius 2 is 2.04 bits per heavy atom. The summed E-state index contributed by atoms with van der Waals surface area (Å²) < 4.78 is 5.76. The van der Waals surface area contributed by atoms with E-state index in [1.165, 1.54) is 9.78 Å². The van der Waals surface area contributed by atoms with Gasteiger partial charge in [-0.2, -0.15) is 0 Å². The van der Waals surface area contributed by atoms with E-state index in [2.05, 4.69) is 28.4 Å². The molecule has 5 nitrogen and oxygen atoms in total. The highest BCUT2D eigenvalue weighted by molar-refractivity contribution is 7.09. The number of amides is 1. The number of carbonyl (C=O) groups excluding carboxylic acids is 1. The topological polar surface area (TPSA) is 46.0 Å². The monoisotopic (exact) mass is 374 g/mol. The number of carbonyl (C=O) groups is 1. The van der Waals surface area contributed by atoms with Crippen molar-refractivity contribution in [3.05, 3.63) is 46.7 Å².